The van der Waals surface area contributed by atoms with E-state index in [1.165, 1.54) is 4.90 Å². The lowest BCUT2D eigenvalue weighted by Gasteiger charge is -2.17. The fourth-order valence-electron chi connectivity index (χ4n) is 3.17. The van der Waals surface area contributed by atoms with Gasteiger partial charge in [-0.05, 0) is 42.5 Å². The second kappa shape index (κ2) is 7.40. The van der Waals surface area contributed by atoms with Crippen molar-refractivity contribution in [2.24, 2.45) is 0 Å². The van der Waals surface area contributed by atoms with E-state index in [1.54, 1.807) is 12.1 Å². The van der Waals surface area contributed by atoms with Crippen LogP contribution in [-0.4, -0.2) is 23.3 Å². The van der Waals surface area contributed by atoms with Gasteiger partial charge in [0.15, 0.2) is 0 Å². The smallest absolute Gasteiger partial charge is 0.259 e. The molecule has 138 valence electrons. The summed E-state index contributed by atoms with van der Waals surface area (Å²) >= 11 is 0. The highest BCUT2D eigenvalue weighted by atomic mass is 16.2. The number of amides is 2. The molecule has 0 bridgehead atoms. The van der Waals surface area contributed by atoms with Gasteiger partial charge in [-0.2, -0.15) is 0 Å². The Morgan fingerprint density at radius 1 is 0.786 bits per heavy atom. The molecule has 2 amide bonds. The zero-order valence-corrected chi connectivity index (χ0v) is 15.2. The molecule has 0 saturated carbocycles. The third kappa shape index (κ3) is 3.50. The number of rotatable bonds is 5. The van der Waals surface area contributed by atoms with Crippen LogP contribution in [0, 0.1) is 0 Å². The molecule has 0 spiro atoms. The number of nitrogens with zero attached hydrogens (tertiary/aromatic N) is 1. The zero-order valence-electron chi connectivity index (χ0n) is 15.2. The van der Waals surface area contributed by atoms with Crippen LogP contribution in [0.25, 0.3) is 5.70 Å². The summed E-state index contributed by atoms with van der Waals surface area (Å²) in [5.41, 5.74) is 4.48. The van der Waals surface area contributed by atoms with Gasteiger partial charge >= 0.3 is 0 Å². The Labute approximate surface area is 163 Å². The molecule has 1 aliphatic heterocycles. The van der Waals surface area contributed by atoms with Gasteiger partial charge in [-0.1, -0.05) is 43.0 Å². The number of para-hydroxylation sites is 1. The normalized spacial score (nSPS) is 12.6. The first-order chi connectivity index (χ1) is 13.6. The van der Waals surface area contributed by atoms with Crippen molar-refractivity contribution in [1.29, 1.82) is 0 Å². The summed E-state index contributed by atoms with van der Waals surface area (Å²) in [6.07, 6.45) is 0. The molecule has 2 N–H and O–H groups in total. The Morgan fingerprint density at radius 3 is 2.04 bits per heavy atom. The highest BCUT2D eigenvalue weighted by molar-refractivity contribution is 6.11. The average Bonchev–Trinajstić information content (AvgIpc) is 2.95. The summed E-state index contributed by atoms with van der Waals surface area (Å²) in [5.74, 6) is -0.468. The van der Waals surface area contributed by atoms with Crippen LogP contribution in [-0.2, 0) is 4.79 Å². The Bertz CT molecular complexity index is 1010. The third-order valence-corrected chi connectivity index (χ3v) is 4.57. The van der Waals surface area contributed by atoms with Crippen LogP contribution < -0.4 is 10.6 Å². The van der Waals surface area contributed by atoms with E-state index in [1.807, 2.05) is 66.7 Å². The summed E-state index contributed by atoms with van der Waals surface area (Å²) in [5, 5.41) is 6.11. The first kappa shape index (κ1) is 17.5. The second-order valence-corrected chi connectivity index (χ2v) is 6.50. The Hall–Kier alpha value is -3.86. The van der Waals surface area contributed by atoms with Crippen molar-refractivity contribution in [2.75, 3.05) is 17.2 Å². The molecule has 0 fully saturated rings. The van der Waals surface area contributed by atoms with Crippen LogP contribution in [0.4, 0.5) is 17.1 Å². The SMILES string of the molecule is C=C1c2ccccc2C(=O)N1CC(=O)Nc1ccc(Nc2ccccc2)cc1. The minimum absolute atomic E-state index is 0.0731. The minimum atomic E-state index is -0.272. The van der Waals surface area contributed by atoms with E-state index in [2.05, 4.69) is 17.2 Å². The van der Waals surface area contributed by atoms with Gasteiger partial charge in [0.25, 0.3) is 5.91 Å². The Morgan fingerprint density at radius 2 is 1.36 bits per heavy atom. The maximum Gasteiger partial charge on any atom is 0.259 e. The molecule has 0 aliphatic carbocycles. The molecule has 1 heterocycles. The van der Waals surface area contributed by atoms with E-state index in [0.29, 0.717) is 16.9 Å². The van der Waals surface area contributed by atoms with Crippen molar-refractivity contribution >= 4 is 34.6 Å². The molecule has 5 nitrogen and oxygen atoms in total. The van der Waals surface area contributed by atoms with Gasteiger partial charge in [-0.3, -0.25) is 14.5 Å². The monoisotopic (exact) mass is 369 g/mol. The lowest BCUT2D eigenvalue weighted by Crippen LogP contribution is -2.32. The van der Waals surface area contributed by atoms with Crippen LogP contribution >= 0.6 is 0 Å². The molecule has 0 aromatic heterocycles. The molecule has 0 atom stereocenters. The van der Waals surface area contributed by atoms with E-state index < -0.39 is 0 Å². The molecular formula is C23H19N3O2. The molecule has 0 radical (unpaired) electrons. The number of benzene rings is 3. The topological polar surface area (TPSA) is 61.4 Å². The fourth-order valence-corrected chi connectivity index (χ4v) is 3.17. The van der Waals surface area contributed by atoms with Gasteiger partial charge in [0.2, 0.25) is 5.91 Å². The van der Waals surface area contributed by atoms with Crippen LogP contribution in [0.5, 0.6) is 0 Å². The van der Waals surface area contributed by atoms with Gasteiger partial charge in [-0.25, -0.2) is 0 Å². The highest BCUT2D eigenvalue weighted by Crippen LogP contribution is 2.30. The Balaban J connectivity index is 1.38. The van der Waals surface area contributed by atoms with Crippen LogP contribution in [0.1, 0.15) is 15.9 Å². The number of carbonyl (C=O) groups excluding carboxylic acids is 2. The lowest BCUT2D eigenvalue weighted by atomic mass is 10.1. The van der Waals surface area contributed by atoms with Crippen molar-refractivity contribution in [3.63, 3.8) is 0 Å². The van der Waals surface area contributed by atoms with Crippen molar-refractivity contribution < 1.29 is 9.59 Å². The fraction of sp³-hybridized carbons (Fsp3) is 0.0435. The highest BCUT2D eigenvalue weighted by Gasteiger charge is 2.31. The van der Waals surface area contributed by atoms with Gasteiger partial charge < -0.3 is 10.6 Å². The number of nitrogens with one attached hydrogen (secondary N) is 2. The molecule has 0 unspecified atom stereocenters. The first-order valence-electron chi connectivity index (χ1n) is 8.94. The Kier molecular flexibility index (Phi) is 4.64. The number of anilines is 3. The van der Waals surface area contributed by atoms with E-state index >= 15 is 0 Å². The van der Waals surface area contributed by atoms with Crippen molar-refractivity contribution in [3.8, 4) is 0 Å². The van der Waals surface area contributed by atoms with Gasteiger partial charge in [0.05, 0.1) is 0 Å². The third-order valence-electron chi connectivity index (χ3n) is 4.57. The molecule has 28 heavy (non-hydrogen) atoms. The average molecular weight is 369 g/mol. The van der Waals surface area contributed by atoms with Gasteiger partial charge in [-0.15, -0.1) is 0 Å². The van der Waals surface area contributed by atoms with Crippen LogP contribution in [0.3, 0.4) is 0 Å². The standard InChI is InChI=1S/C23H19N3O2/c1-16-20-9-5-6-10-21(20)23(28)26(16)15-22(27)25-19-13-11-18(12-14-19)24-17-7-3-2-4-8-17/h2-14,24H,1,15H2,(H,25,27). The molecule has 3 aromatic rings. The molecular weight excluding hydrogens is 350 g/mol. The summed E-state index contributed by atoms with van der Waals surface area (Å²) in [6, 6.07) is 24.5. The summed E-state index contributed by atoms with van der Waals surface area (Å²) in [4.78, 5) is 26.3. The van der Waals surface area contributed by atoms with E-state index in [4.69, 9.17) is 0 Å². The van der Waals surface area contributed by atoms with Gasteiger partial charge in [0.1, 0.15) is 6.54 Å². The zero-order chi connectivity index (χ0) is 19.5. The molecule has 4 rings (SSSR count). The molecule has 1 aliphatic rings. The van der Waals surface area contributed by atoms with Crippen LogP contribution in [0.2, 0.25) is 0 Å². The largest absolute Gasteiger partial charge is 0.356 e. The minimum Gasteiger partial charge on any atom is -0.356 e. The number of carbonyl (C=O) groups is 2. The predicted molar refractivity (Wildman–Crippen MR) is 111 cm³/mol. The maximum absolute atomic E-state index is 12.5. The van der Waals surface area contributed by atoms with Crippen molar-refractivity contribution in [3.05, 3.63) is 96.6 Å². The summed E-state index contributed by atoms with van der Waals surface area (Å²) in [7, 11) is 0. The maximum atomic E-state index is 12.5. The first-order valence-corrected chi connectivity index (χ1v) is 8.94. The molecule has 3 aromatic carbocycles. The number of fused-ring (bicyclic) bond motifs is 1. The van der Waals surface area contributed by atoms with Crippen LogP contribution in [0.15, 0.2) is 85.4 Å². The number of hydrogen-bond donors (Lipinski definition) is 2. The van der Waals surface area contributed by atoms with Crippen molar-refractivity contribution in [2.45, 2.75) is 0 Å². The van der Waals surface area contributed by atoms with Crippen molar-refractivity contribution in [1.82, 2.24) is 4.90 Å². The van der Waals surface area contributed by atoms with E-state index in [0.717, 1.165) is 16.9 Å². The number of hydrogen-bond acceptors (Lipinski definition) is 3. The van der Waals surface area contributed by atoms with E-state index in [-0.39, 0.29) is 18.4 Å². The van der Waals surface area contributed by atoms with Gasteiger partial charge in [0, 0.05) is 33.9 Å². The molecule has 5 heteroatoms. The van der Waals surface area contributed by atoms with E-state index in [9.17, 15) is 9.59 Å². The lowest BCUT2D eigenvalue weighted by molar-refractivity contribution is -0.116. The quantitative estimate of drug-likeness (QED) is 0.696. The predicted octanol–water partition coefficient (Wildman–Crippen LogP) is 4.50. The summed E-state index contributed by atoms with van der Waals surface area (Å²) in [6.45, 7) is 3.88. The summed E-state index contributed by atoms with van der Waals surface area (Å²) < 4.78 is 0. The molecule has 0 saturated heterocycles. The second-order valence-electron chi connectivity index (χ2n) is 6.50.